The van der Waals surface area contributed by atoms with E-state index < -0.39 is 5.97 Å². The summed E-state index contributed by atoms with van der Waals surface area (Å²) in [6.07, 6.45) is 25.5. The number of hydrogen-bond acceptors (Lipinski definition) is 6. The summed E-state index contributed by atoms with van der Waals surface area (Å²) in [6.45, 7) is 17.0. The van der Waals surface area contributed by atoms with Gasteiger partial charge in [-0.2, -0.15) is 0 Å². The molecular weight excluding hydrogens is 550 g/mol. The van der Waals surface area contributed by atoms with Crippen molar-refractivity contribution in [3.05, 3.63) is 96.1 Å². The maximum atomic E-state index is 13.7. The summed E-state index contributed by atoms with van der Waals surface area (Å²) < 4.78 is 0. The highest BCUT2D eigenvalue weighted by Crippen LogP contribution is 2.18. The molecule has 0 radical (unpaired) electrons. The Morgan fingerprint density at radius 3 is 2.45 bits per heavy atom. The van der Waals surface area contributed by atoms with Gasteiger partial charge in [0.1, 0.15) is 0 Å². The van der Waals surface area contributed by atoms with Gasteiger partial charge in [0, 0.05) is 56.3 Å². The first-order valence-corrected chi connectivity index (χ1v) is 15.5. The number of unbranched alkanes of at least 4 members (excludes halogenated alkanes) is 1. The van der Waals surface area contributed by atoms with Gasteiger partial charge in [0.15, 0.2) is 0 Å². The zero-order chi connectivity index (χ0) is 32.3. The highest BCUT2D eigenvalue weighted by Gasteiger charge is 2.24. The molecule has 8 heteroatoms. The summed E-state index contributed by atoms with van der Waals surface area (Å²) in [7, 11) is 0. The maximum Gasteiger partial charge on any atom is 0.303 e. The zero-order valence-electron chi connectivity index (χ0n) is 27.1. The molecule has 0 aromatic rings. The quantitative estimate of drug-likeness (QED) is 0.140. The molecule has 0 bridgehead atoms. The van der Waals surface area contributed by atoms with E-state index in [-0.39, 0.29) is 18.4 Å². The van der Waals surface area contributed by atoms with E-state index in [1.807, 2.05) is 79.8 Å². The molecule has 1 unspecified atom stereocenters. The molecule has 8 nitrogen and oxygen atoms in total. The van der Waals surface area contributed by atoms with Gasteiger partial charge in [0.25, 0.3) is 5.91 Å². The number of amides is 1. The lowest BCUT2D eigenvalue weighted by Gasteiger charge is -2.37. The van der Waals surface area contributed by atoms with Crippen LogP contribution in [0.2, 0.25) is 0 Å². The minimum Gasteiger partial charge on any atom is -0.481 e. The lowest BCUT2D eigenvalue weighted by molar-refractivity contribution is -0.137. The summed E-state index contributed by atoms with van der Waals surface area (Å²) >= 11 is 0. The zero-order valence-corrected chi connectivity index (χ0v) is 27.1. The Hall–Kier alpha value is -4.33. The molecule has 236 valence electrons. The summed E-state index contributed by atoms with van der Waals surface area (Å²) in [5.74, 6) is -0.850. The molecule has 0 saturated carbocycles. The molecule has 0 aliphatic carbocycles. The van der Waals surface area contributed by atoms with Gasteiger partial charge >= 0.3 is 5.97 Å². The van der Waals surface area contributed by atoms with E-state index in [0.29, 0.717) is 49.3 Å². The second kappa shape index (κ2) is 19.8. The predicted octanol–water partition coefficient (Wildman–Crippen LogP) is 7.03. The topological polar surface area (TPSA) is 97.9 Å². The number of nitrogens with zero attached hydrogens (tertiary/aromatic N) is 5. The van der Waals surface area contributed by atoms with Gasteiger partial charge in [-0.15, -0.1) is 0 Å². The van der Waals surface area contributed by atoms with Gasteiger partial charge in [-0.1, -0.05) is 50.0 Å². The molecule has 1 fully saturated rings. The standard InChI is InChI=1S/C36H49N5O3/c1-7-9-11-12-13-16-33-34(17-14-15-18-35(42)43)39-30(5)26-32(20-19-29(4)38-33)36(44)41-24-22-40(23-25-41)31(6)28(3)27-37-21-10-8-2/h7,9-13,16,19-21,26-27,30H,4,8,14-15,17-18,22-25H2,1-3,5-6H3,(H,42,43)/b9-7-,12-11-,16-13+,20-19-,21-10+,31-28+,32-26+,37-27+,38-33?,39-34?. The molecule has 1 N–H and O–H groups in total. The van der Waals surface area contributed by atoms with Gasteiger partial charge < -0.3 is 14.9 Å². The molecule has 1 amide bonds. The average molecular weight is 600 g/mol. The third-order valence-corrected chi connectivity index (χ3v) is 7.18. The molecule has 44 heavy (non-hydrogen) atoms. The van der Waals surface area contributed by atoms with Crippen LogP contribution < -0.4 is 0 Å². The molecule has 2 aliphatic rings. The number of aliphatic carboxylic acids is 1. The number of rotatable bonds is 13. The van der Waals surface area contributed by atoms with Crippen LogP contribution in [0.4, 0.5) is 0 Å². The number of hydrogen-bond donors (Lipinski definition) is 1. The second-order valence-corrected chi connectivity index (χ2v) is 10.7. The Morgan fingerprint density at radius 1 is 1.07 bits per heavy atom. The lowest BCUT2D eigenvalue weighted by Crippen LogP contribution is -2.48. The number of piperazine rings is 1. The van der Waals surface area contributed by atoms with Crippen LogP contribution in [0.5, 0.6) is 0 Å². The van der Waals surface area contributed by atoms with E-state index >= 15 is 0 Å². The highest BCUT2D eigenvalue weighted by molar-refractivity contribution is 6.46. The Kier molecular flexibility index (Phi) is 16.1. The van der Waals surface area contributed by atoms with E-state index in [2.05, 4.69) is 37.2 Å². The Morgan fingerprint density at radius 2 is 1.77 bits per heavy atom. The van der Waals surface area contributed by atoms with E-state index in [1.165, 1.54) is 5.70 Å². The Labute approximate surface area is 263 Å². The van der Waals surface area contributed by atoms with E-state index in [9.17, 15) is 9.59 Å². The third-order valence-electron chi connectivity index (χ3n) is 7.18. The van der Waals surface area contributed by atoms with Gasteiger partial charge in [-0.05, 0) is 83.3 Å². The second-order valence-electron chi connectivity index (χ2n) is 10.7. The third kappa shape index (κ3) is 12.9. The van der Waals surface area contributed by atoms with E-state index in [4.69, 9.17) is 15.1 Å². The first-order valence-electron chi connectivity index (χ1n) is 15.5. The summed E-state index contributed by atoms with van der Waals surface area (Å²) in [6, 6.07) is -0.285. The monoisotopic (exact) mass is 599 g/mol. The lowest BCUT2D eigenvalue weighted by atomic mass is 10.0. The fourth-order valence-electron chi connectivity index (χ4n) is 4.62. The molecule has 1 saturated heterocycles. The molecule has 2 rings (SSSR count). The molecular formula is C36H49N5O3. The minimum absolute atomic E-state index is 0.0397. The largest absolute Gasteiger partial charge is 0.481 e. The fourth-order valence-corrected chi connectivity index (χ4v) is 4.62. The van der Waals surface area contributed by atoms with Gasteiger partial charge in [-0.3, -0.25) is 19.6 Å². The maximum absolute atomic E-state index is 13.7. The molecule has 0 aromatic heterocycles. The van der Waals surface area contributed by atoms with Crippen molar-refractivity contribution in [3.63, 3.8) is 0 Å². The summed E-state index contributed by atoms with van der Waals surface area (Å²) in [5.41, 5.74) is 4.78. The van der Waals surface area contributed by atoms with Crippen molar-refractivity contribution >= 4 is 29.5 Å². The normalized spacial score (nSPS) is 21.2. The molecule has 2 heterocycles. The van der Waals surface area contributed by atoms with Crippen LogP contribution in [0, 0.1) is 0 Å². The number of carbonyl (C=O) groups is 2. The first-order chi connectivity index (χ1) is 21.2. The van der Waals surface area contributed by atoms with Crippen LogP contribution in [-0.2, 0) is 9.59 Å². The van der Waals surface area contributed by atoms with Crippen molar-refractivity contribution < 1.29 is 14.7 Å². The van der Waals surface area contributed by atoms with Gasteiger partial charge in [-0.25, -0.2) is 4.99 Å². The van der Waals surface area contributed by atoms with Crippen molar-refractivity contribution in [1.82, 2.24) is 9.80 Å². The minimum atomic E-state index is -0.811. The van der Waals surface area contributed by atoms with Crippen molar-refractivity contribution in [2.24, 2.45) is 15.0 Å². The van der Waals surface area contributed by atoms with Crippen molar-refractivity contribution in [2.45, 2.75) is 72.8 Å². The van der Waals surface area contributed by atoms with Crippen LogP contribution in [-0.4, -0.2) is 76.6 Å². The SMILES string of the molecule is C=C1/C=C\C(C(=O)N2CCN(/C(C)=C(C)/C=N/C=C/CC)CC2)=C/C(C)N=C(CCCCC(=O)O)C(/C=C/C=C\C=C/C)=N1. The van der Waals surface area contributed by atoms with Gasteiger partial charge in [0.2, 0.25) is 0 Å². The molecule has 1 atom stereocenters. The Balaban J connectivity index is 2.25. The van der Waals surface area contributed by atoms with Crippen molar-refractivity contribution in [1.29, 1.82) is 0 Å². The number of carbonyl (C=O) groups excluding carboxylic acids is 1. The smallest absolute Gasteiger partial charge is 0.303 e. The number of aliphatic imine (C=N–C) groups is 3. The average Bonchev–Trinajstić information content (AvgIpc) is 3.01. The highest BCUT2D eigenvalue weighted by atomic mass is 16.4. The van der Waals surface area contributed by atoms with Crippen LogP contribution in [0.15, 0.2) is 111 Å². The van der Waals surface area contributed by atoms with Crippen LogP contribution in [0.3, 0.4) is 0 Å². The first kappa shape index (κ1) is 35.9. The fraction of sp³-hybridized carbons (Fsp3) is 0.417. The predicted molar refractivity (Wildman–Crippen MR) is 184 cm³/mol. The molecule has 0 aromatic carbocycles. The number of carboxylic acid groups (broad SMARTS) is 1. The summed E-state index contributed by atoms with van der Waals surface area (Å²) in [4.78, 5) is 43.0. The van der Waals surface area contributed by atoms with E-state index in [1.54, 1.807) is 12.2 Å². The summed E-state index contributed by atoms with van der Waals surface area (Å²) in [5, 5.41) is 9.07. The van der Waals surface area contributed by atoms with Crippen LogP contribution in [0.25, 0.3) is 0 Å². The molecule has 0 spiro atoms. The van der Waals surface area contributed by atoms with Crippen molar-refractivity contribution in [2.75, 3.05) is 26.2 Å². The Bertz CT molecular complexity index is 1310. The molecule has 2 aliphatic heterocycles. The number of carboxylic acids is 1. The van der Waals surface area contributed by atoms with Crippen LogP contribution >= 0.6 is 0 Å². The number of allylic oxidation sites excluding steroid dienone is 10. The van der Waals surface area contributed by atoms with E-state index in [0.717, 1.165) is 30.8 Å². The van der Waals surface area contributed by atoms with Gasteiger partial charge in [0.05, 0.1) is 23.2 Å². The van der Waals surface area contributed by atoms with Crippen molar-refractivity contribution in [3.8, 4) is 0 Å². The van der Waals surface area contributed by atoms with Crippen LogP contribution in [0.1, 0.15) is 66.7 Å².